The minimum atomic E-state index is -4.68. The van der Waals surface area contributed by atoms with Crippen LogP contribution in [-0.2, 0) is 32.7 Å². The number of likely N-dealkylation sites (N-methyl/N-ethyl adjacent to an activating group) is 1. The van der Waals surface area contributed by atoms with E-state index in [1.165, 1.54) is 51.4 Å². The third kappa shape index (κ3) is 45.2. The lowest BCUT2D eigenvalue weighted by Crippen LogP contribution is -2.37. The van der Waals surface area contributed by atoms with Crippen molar-refractivity contribution in [3.05, 3.63) is 85.1 Å². The number of phosphoric acid groups is 1. The van der Waals surface area contributed by atoms with Gasteiger partial charge in [0, 0.05) is 12.8 Å². The summed E-state index contributed by atoms with van der Waals surface area (Å²) >= 11 is 0. The number of phosphoric ester groups is 1. The van der Waals surface area contributed by atoms with Gasteiger partial charge in [0.05, 0.1) is 33.9 Å². The third-order valence-corrected chi connectivity index (χ3v) is 10.7. The SMILES string of the molecule is CCCCC/C=C\C/C=C\C/C=C\C=C\[C@@H](O)CCCC(=O)OC[C@H](COP(=O)([O-])OCC[N+](C)(C)C)OC(=O)CCCCCCCC/C=C\C/C=C\C/C=C\CCCCCC. The van der Waals surface area contributed by atoms with E-state index in [9.17, 15) is 24.2 Å². The number of unbranched alkanes of at least 4 members (excludes halogenated alkanes) is 13. The second-order valence-electron chi connectivity index (χ2n) is 17.0. The van der Waals surface area contributed by atoms with Crippen LogP contribution in [0.15, 0.2) is 85.1 Å². The van der Waals surface area contributed by atoms with Crippen LogP contribution in [0.3, 0.4) is 0 Å². The number of carbonyl (C=O) groups is 2. The molecule has 1 unspecified atom stereocenters. The van der Waals surface area contributed by atoms with Crippen molar-refractivity contribution in [2.75, 3.05) is 47.5 Å². The van der Waals surface area contributed by atoms with Crippen LogP contribution in [0.5, 0.6) is 0 Å². The summed E-state index contributed by atoms with van der Waals surface area (Å²) in [4.78, 5) is 37.7. The van der Waals surface area contributed by atoms with Crippen molar-refractivity contribution in [3.63, 3.8) is 0 Å². The van der Waals surface area contributed by atoms with Gasteiger partial charge in [-0.25, -0.2) is 0 Å². The maximum Gasteiger partial charge on any atom is 0.306 e. The lowest BCUT2D eigenvalue weighted by Gasteiger charge is -2.28. The number of nitrogens with zero attached hydrogens (tertiary/aromatic N) is 1. The molecule has 0 aromatic heterocycles. The van der Waals surface area contributed by atoms with Crippen LogP contribution in [0.4, 0.5) is 0 Å². The molecule has 3 atom stereocenters. The van der Waals surface area contributed by atoms with Crippen molar-refractivity contribution in [1.29, 1.82) is 0 Å². The van der Waals surface area contributed by atoms with E-state index in [-0.39, 0.29) is 26.1 Å². The normalized spacial score (nSPS) is 14.8. The van der Waals surface area contributed by atoms with Crippen molar-refractivity contribution >= 4 is 19.8 Å². The third-order valence-electron chi connectivity index (χ3n) is 9.74. The number of quaternary nitrogens is 1. The molecule has 356 valence electrons. The Hall–Kier alpha value is -2.85. The van der Waals surface area contributed by atoms with Crippen LogP contribution in [0.2, 0.25) is 0 Å². The van der Waals surface area contributed by atoms with E-state index in [4.69, 9.17) is 18.5 Å². The van der Waals surface area contributed by atoms with Gasteiger partial charge >= 0.3 is 11.9 Å². The Kier molecular flexibility index (Phi) is 40.2. The van der Waals surface area contributed by atoms with Crippen LogP contribution in [-0.4, -0.2) is 81.2 Å². The number of aliphatic hydroxyl groups excluding tert-OH is 1. The first-order valence-electron chi connectivity index (χ1n) is 23.9. The molecule has 0 aliphatic carbocycles. The summed E-state index contributed by atoms with van der Waals surface area (Å²) < 4.78 is 33.8. The molecule has 0 aromatic rings. The van der Waals surface area contributed by atoms with E-state index in [1.54, 1.807) is 12.2 Å². The molecule has 11 heteroatoms. The molecule has 0 aliphatic heterocycles. The number of aliphatic hydroxyl groups is 1. The van der Waals surface area contributed by atoms with Crippen molar-refractivity contribution < 1.29 is 47.2 Å². The number of rotatable bonds is 42. The highest BCUT2D eigenvalue weighted by atomic mass is 31.2. The minimum absolute atomic E-state index is 0.0410. The fourth-order valence-corrected chi connectivity index (χ4v) is 6.67. The van der Waals surface area contributed by atoms with Crippen molar-refractivity contribution in [1.82, 2.24) is 0 Å². The van der Waals surface area contributed by atoms with Crippen LogP contribution in [0.1, 0.15) is 168 Å². The molecular formula is C51H88NO9P. The standard InChI is InChI=1S/C51H88NO9P/c1-6-8-10-12-14-16-18-20-21-22-23-24-25-26-28-30-32-34-36-38-42-51(55)61-49(47-60-62(56,57)59-45-44-52(3,4)5)46-58-50(54)43-39-41-48(53)40-37-35-33-31-29-27-19-17-15-13-11-9-7-2/h15-18,21-22,24-25,27,29,33,35,37,40,48-49,53H,6-14,19-20,23,26,28,30-32,34,36,38-39,41-47H2,1-5H3/b17-15-,18-16-,22-21-,25-24-,29-27-,35-33-,40-37+/t48-,49-/m1/s1. The Morgan fingerprint density at radius 3 is 1.66 bits per heavy atom. The Morgan fingerprint density at radius 1 is 0.597 bits per heavy atom. The summed E-state index contributed by atoms with van der Waals surface area (Å²) in [5.74, 6) is -1.06. The lowest BCUT2D eigenvalue weighted by molar-refractivity contribution is -0.870. The predicted molar refractivity (Wildman–Crippen MR) is 255 cm³/mol. The maximum atomic E-state index is 12.7. The van der Waals surface area contributed by atoms with Gasteiger partial charge in [-0.1, -0.05) is 157 Å². The molecule has 0 saturated carbocycles. The zero-order chi connectivity index (χ0) is 45.8. The first kappa shape index (κ1) is 59.1. The molecule has 0 aromatic carbocycles. The highest BCUT2D eigenvalue weighted by Gasteiger charge is 2.22. The molecule has 0 aliphatic rings. The van der Waals surface area contributed by atoms with E-state index >= 15 is 0 Å². The second-order valence-corrected chi connectivity index (χ2v) is 18.4. The average molecular weight is 890 g/mol. The monoisotopic (exact) mass is 890 g/mol. The molecule has 0 amide bonds. The van der Waals surface area contributed by atoms with Gasteiger partial charge in [-0.05, 0) is 83.5 Å². The predicted octanol–water partition coefficient (Wildman–Crippen LogP) is 12.3. The van der Waals surface area contributed by atoms with Gasteiger partial charge in [-0.2, -0.15) is 0 Å². The molecule has 0 saturated heterocycles. The van der Waals surface area contributed by atoms with E-state index < -0.39 is 38.6 Å². The molecule has 0 rings (SSSR count). The molecule has 0 bridgehead atoms. The van der Waals surface area contributed by atoms with Crippen molar-refractivity contribution in [2.45, 2.75) is 180 Å². The molecule has 10 nitrogen and oxygen atoms in total. The second kappa shape index (κ2) is 42.1. The van der Waals surface area contributed by atoms with Gasteiger partial charge in [-0.3, -0.25) is 14.2 Å². The van der Waals surface area contributed by atoms with Gasteiger partial charge in [0.1, 0.15) is 19.8 Å². The van der Waals surface area contributed by atoms with E-state index in [0.29, 0.717) is 30.3 Å². The highest BCUT2D eigenvalue weighted by molar-refractivity contribution is 7.45. The molecule has 0 fully saturated rings. The van der Waals surface area contributed by atoms with Crippen molar-refractivity contribution in [3.8, 4) is 0 Å². The molecule has 0 heterocycles. The van der Waals surface area contributed by atoms with E-state index in [1.807, 2.05) is 33.3 Å². The average Bonchev–Trinajstić information content (AvgIpc) is 3.22. The van der Waals surface area contributed by atoms with Gasteiger partial charge < -0.3 is 33.0 Å². The summed E-state index contributed by atoms with van der Waals surface area (Å²) in [6, 6.07) is 0. The molecule has 0 spiro atoms. The fraction of sp³-hybridized carbons (Fsp3) is 0.686. The zero-order valence-electron chi connectivity index (χ0n) is 39.6. The Bertz CT molecular complexity index is 1340. The summed E-state index contributed by atoms with van der Waals surface area (Å²) in [7, 11) is 1.04. The summed E-state index contributed by atoms with van der Waals surface area (Å²) in [5, 5.41) is 10.3. The first-order valence-corrected chi connectivity index (χ1v) is 25.4. The number of carbonyl (C=O) groups excluding carboxylic acids is 2. The van der Waals surface area contributed by atoms with Crippen molar-refractivity contribution in [2.24, 2.45) is 0 Å². The van der Waals surface area contributed by atoms with Gasteiger partial charge in [0.15, 0.2) is 6.10 Å². The highest BCUT2D eigenvalue weighted by Crippen LogP contribution is 2.38. The van der Waals surface area contributed by atoms with Crippen LogP contribution < -0.4 is 4.89 Å². The topological polar surface area (TPSA) is 131 Å². The van der Waals surface area contributed by atoms with Crippen LogP contribution in [0, 0.1) is 0 Å². The minimum Gasteiger partial charge on any atom is -0.756 e. The van der Waals surface area contributed by atoms with Gasteiger partial charge in [-0.15, -0.1) is 0 Å². The smallest absolute Gasteiger partial charge is 0.306 e. The van der Waals surface area contributed by atoms with Gasteiger partial charge in [0.25, 0.3) is 7.82 Å². The maximum absolute atomic E-state index is 12.7. The quantitative estimate of drug-likeness (QED) is 0.0159. The number of hydrogen-bond acceptors (Lipinski definition) is 9. The Labute approximate surface area is 378 Å². The molecule has 1 N–H and O–H groups in total. The molecule has 0 radical (unpaired) electrons. The van der Waals surface area contributed by atoms with E-state index in [2.05, 4.69) is 74.6 Å². The van der Waals surface area contributed by atoms with Gasteiger partial charge in [0.2, 0.25) is 0 Å². The Morgan fingerprint density at radius 2 is 1.08 bits per heavy atom. The first-order chi connectivity index (χ1) is 29.9. The number of esters is 2. The molecular weight excluding hydrogens is 802 g/mol. The summed E-state index contributed by atoms with van der Waals surface area (Å²) in [6.07, 6.45) is 50.7. The number of hydrogen-bond donors (Lipinski definition) is 1. The Balaban J connectivity index is 4.53. The zero-order valence-corrected chi connectivity index (χ0v) is 40.5. The number of allylic oxidation sites excluding steroid dienone is 13. The largest absolute Gasteiger partial charge is 0.756 e. The molecule has 62 heavy (non-hydrogen) atoms. The lowest BCUT2D eigenvalue weighted by atomic mass is 10.1. The van der Waals surface area contributed by atoms with Crippen LogP contribution in [0.25, 0.3) is 0 Å². The van der Waals surface area contributed by atoms with Crippen LogP contribution >= 0.6 is 7.82 Å². The summed E-state index contributed by atoms with van der Waals surface area (Å²) in [6.45, 7) is 3.93. The summed E-state index contributed by atoms with van der Waals surface area (Å²) in [5.41, 5.74) is 0. The fourth-order valence-electron chi connectivity index (χ4n) is 5.94. The van der Waals surface area contributed by atoms with E-state index in [0.717, 1.165) is 70.6 Å². The number of ether oxygens (including phenoxy) is 2.